The molecule has 4 nitrogen and oxygen atoms in total. The molecule has 0 amide bonds. The van der Waals surface area contributed by atoms with Gasteiger partial charge in [-0.15, -0.1) is 0 Å². The van der Waals surface area contributed by atoms with E-state index >= 15 is 0 Å². The maximum absolute atomic E-state index is 12.3. The summed E-state index contributed by atoms with van der Waals surface area (Å²) in [6.07, 6.45) is 2.40. The highest BCUT2D eigenvalue weighted by molar-refractivity contribution is 7.86. The van der Waals surface area contributed by atoms with Crippen LogP contribution in [-0.2, 0) is 19.0 Å². The van der Waals surface area contributed by atoms with Crippen LogP contribution in [0.4, 0.5) is 0 Å². The molecular weight excluding hydrogens is 276 g/mol. The van der Waals surface area contributed by atoms with E-state index in [1.807, 2.05) is 6.92 Å². The lowest BCUT2D eigenvalue weighted by molar-refractivity contribution is -0.0485. The van der Waals surface area contributed by atoms with Gasteiger partial charge in [0.2, 0.25) is 0 Å². The minimum atomic E-state index is -3.67. The van der Waals surface area contributed by atoms with Crippen molar-refractivity contribution in [2.75, 3.05) is 0 Å². The van der Waals surface area contributed by atoms with Gasteiger partial charge in [-0.25, -0.2) is 0 Å². The smallest absolute Gasteiger partial charge is 0.297 e. The van der Waals surface area contributed by atoms with Gasteiger partial charge in [0, 0.05) is 12.8 Å². The van der Waals surface area contributed by atoms with Crippen LogP contribution in [0.2, 0.25) is 0 Å². The first-order chi connectivity index (χ1) is 9.44. The summed E-state index contributed by atoms with van der Waals surface area (Å²) in [5.41, 5.74) is 1.03. The van der Waals surface area contributed by atoms with Crippen LogP contribution in [0.1, 0.15) is 31.7 Å². The molecule has 110 valence electrons. The van der Waals surface area contributed by atoms with Crippen LogP contribution in [0.5, 0.6) is 0 Å². The maximum atomic E-state index is 12.3. The Kier molecular flexibility index (Phi) is 3.60. The monoisotopic (exact) mass is 296 g/mol. The lowest BCUT2D eigenvalue weighted by atomic mass is 10.0. The lowest BCUT2D eigenvalue weighted by Crippen LogP contribution is -2.33. The van der Waals surface area contributed by atoms with Crippen molar-refractivity contribution in [3.8, 4) is 0 Å². The van der Waals surface area contributed by atoms with E-state index in [2.05, 4.69) is 6.92 Å². The summed E-state index contributed by atoms with van der Waals surface area (Å²) in [4.78, 5) is 0.231. The SMILES string of the molecule is Cc1ccc(S(=O)(=O)OC2CC3CC(C)C(C2)O3)cc1. The highest BCUT2D eigenvalue weighted by Gasteiger charge is 2.41. The summed E-state index contributed by atoms with van der Waals surface area (Å²) in [7, 11) is -3.67. The summed E-state index contributed by atoms with van der Waals surface area (Å²) < 4.78 is 35.8. The Balaban J connectivity index is 1.72. The van der Waals surface area contributed by atoms with Gasteiger partial charge < -0.3 is 4.74 Å². The summed E-state index contributed by atoms with van der Waals surface area (Å²) >= 11 is 0. The highest BCUT2D eigenvalue weighted by atomic mass is 32.2. The molecule has 0 radical (unpaired) electrons. The third-order valence-corrected chi connectivity index (χ3v) is 5.61. The lowest BCUT2D eigenvalue weighted by Gasteiger charge is -2.28. The second kappa shape index (κ2) is 5.13. The number of hydrogen-bond donors (Lipinski definition) is 0. The minimum Gasteiger partial charge on any atom is -0.374 e. The molecule has 2 aliphatic rings. The average molecular weight is 296 g/mol. The molecule has 2 aliphatic heterocycles. The van der Waals surface area contributed by atoms with Crippen LogP contribution in [0, 0.1) is 12.8 Å². The zero-order valence-electron chi connectivity index (χ0n) is 11.8. The molecule has 2 heterocycles. The van der Waals surface area contributed by atoms with Crippen LogP contribution in [0.3, 0.4) is 0 Å². The Morgan fingerprint density at radius 2 is 1.85 bits per heavy atom. The molecular formula is C15H20O4S. The summed E-state index contributed by atoms with van der Waals surface area (Å²) in [5, 5.41) is 0. The number of rotatable bonds is 3. The molecule has 0 aliphatic carbocycles. The summed E-state index contributed by atoms with van der Waals surface area (Å²) in [6.45, 7) is 4.08. The first-order valence-electron chi connectivity index (χ1n) is 7.09. The van der Waals surface area contributed by atoms with E-state index in [1.54, 1.807) is 24.3 Å². The number of aryl methyl sites for hydroxylation is 1. The molecule has 4 unspecified atom stereocenters. The minimum absolute atomic E-state index is 0.145. The van der Waals surface area contributed by atoms with Gasteiger partial charge in [-0.3, -0.25) is 4.18 Å². The Labute approximate surface area is 120 Å². The van der Waals surface area contributed by atoms with Crippen LogP contribution >= 0.6 is 0 Å². The Morgan fingerprint density at radius 1 is 1.15 bits per heavy atom. The zero-order chi connectivity index (χ0) is 14.3. The van der Waals surface area contributed by atoms with Crippen molar-refractivity contribution in [2.24, 2.45) is 5.92 Å². The Bertz CT molecular complexity index is 576. The molecule has 2 fully saturated rings. The second-order valence-electron chi connectivity index (χ2n) is 5.97. The normalized spacial score (nSPS) is 33.3. The molecule has 0 aromatic heterocycles. The number of ether oxygens (including phenoxy) is 1. The molecule has 0 spiro atoms. The van der Waals surface area contributed by atoms with E-state index in [0.717, 1.165) is 12.0 Å². The second-order valence-corrected chi connectivity index (χ2v) is 7.54. The average Bonchev–Trinajstić information content (AvgIpc) is 2.63. The molecule has 20 heavy (non-hydrogen) atoms. The summed E-state index contributed by atoms with van der Waals surface area (Å²) in [5.74, 6) is 0.496. The standard InChI is InChI=1S/C15H20O4S/c1-10-3-5-14(6-4-10)20(16,17)19-13-8-12-7-11(2)15(9-13)18-12/h3-6,11-13,15H,7-9H2,1-2H3. The molecule has 1 aromatic carbocycles. The quantitative estimate of drug-likeness (QED) is 0.805. The van der Waals surface area contributed by atoms with Crippen molar-refractivity contribution in [3.63, 3.8) is 0 Å². The molecule has 0 N–H and O–H groups in total. The van der Waals surface area contributed by atoms with Crippen molar-refractivity contribution in [3.05, 3.63) is 29.8 Å². The zero-order valence-corrected chi connectivity index (χ0v) is 12.6. The highest BCUT2D eigenvalue weighted by Crippen LogP contribution is 2.38. The van der Waals surface area contributed by atoms with Gasteiger partial charge in [-0.1, -0.05) is 24.6 Å². The first-order valence-corrected chi connectivity index (χ1v) is 8.50. The number of fused-ring (bicyclic) bond motifs is 2. The van der Waals surface area contributed by atoms with Crippen molar-refractivity contribution >= 4 is 10.1 Å². The first kappa shape index (κ1) is 14.0. The van der Waals surface area contributed by atoms with Crippen molar-refractivity contribution in [1.29, 1.82) is 0 Å². The van der Waals surface area contributed by atoms with E-state index in [-0.39, 0.29) is 23.2 Å². The van der Waals surface area contributed by atoms with Crippen LogP contribution < -0.4 is 0 Å². The van der Waals surface area contributed by atoms with Gasteiger partial charge >= 0.3 is 0 Å². The predicted molar refractivity (Wildman–Crippen MR) is 74.9 cm³/mol. The van der Waals surface area contributed by atoms with Crippen molar-refractivity contribution in [2.45, 2.75) is 56.3 Å². The van der Waals surface area contributed by atoms with Crippen molar-refractivity contribution < 1.29 is 17.3 Å². The number of hydrogen-bond acceptors (Lipinski definition) is 4. The van der Waals surface area contributed by atoms with Gasteiger partial charge in [0.25, 0.3) is 10.1 Å². The van der Waals surface area contributed by atoms with Crippen molar-refractivity contribution in [1.82, 2.24) is 0 Å². The van der Waals surface area contributed by atoms with Crippen LogP contribution in [0.15, 0.2) is 29.2 Å². The van der Waals surface area contributed by atoms with E-state index in [1.165, 1.54) is 0 Å². The predicted octanol–water partition coefficient (Wildman–Crippen LogP) is 2.66. The third-order valence-electron chi connectivity index (χ3n) is 4.23. The third kappa shape index (κ3) is 2.75. The van der Waals surface area contributed by atoms with E-state index < -0.39 is 10.1 Å². The van der Waals surface area contributed by atoms with Gasteiger partial charge in [-0.05, 0) is 31.4 Å². The van der Waals surface area contributed by atoms with Gasteiger partial charge in [0.15, 0.2) is 0 Å². The van der Waals surface area contributed by atoms with E-state index in [0.29, 0.717) is 18.8 Å². The molecule has 2 saturated heterocycles. The van der Waals surface area contributed by atoms with Crippen LogP contribution in [0.25, 0.3) is 0 Å². The fraction of sp³-hybridized carbons (Fsp3) is 0.600. The summed E-state index contributed by atoms with van der Waals surface area (Å²) in [6, 6.07) is 6.76. The van der Waals surface area contributed by atoms with Crippen LogP contribution in [-0.4, -0.2) is 26.7 Å². The molecule has 5 heteroatoms. The topological polar surface area (TPSA) is 52.6 Å². The van der Waals surface area contributed by atoms with Gasteiger partial charge in [0.1, 0.15) is 0 Å². The fourth-order valence-electron chi connectivity index (χ4n) is 3.11. The largest absolute Gasteiger partial charge is 0.374 e. The Hall–Kier alpha value is -0.910. The van der Waals surface area contributed by atoms with E-state index in [4.69, 9.17) is 8.92 Å². The van der Waals surface area contributed by atoms with E-state index in [9.17, 15) is 8.42 Å². The molecule has 4 atom stereocenters. The number of benzene rings is 1. The molecule has 0 saturated carbocycles. The molecule has 2 bridgehead atoms. The van der Waals surface area contributed by atoms with Gasteiger partial charge in [0.05, 0.1) is 23.2 Å². The molecule has 1 aromatic rings. The van der Waals surface area contributed by atoms with Gasteiger partial charge in [-0.2, -0.15) is 8.42 Å². The maximum Gasteiger partial charge on any atom is 0.297 e. The molecule has 3 rings (SSSR count). The fourth-order valence-corrected chi connectivity index (χ4v) is 4.21. The Morgan fingerprint density at radius 3 is 2.50 bits per heavy atom.